The summed E-state index contributed by atoms with van der Waals surface area (Å²) in [5.41, 5.74) is 15.6. The van der Waals surface area contributed by atoms with Gasteiger partial charge >= 0.3 is 0 Å². The van der Waals surface area contributed by atoms with Crippen LogP contribution in [0.3, 0.4) is 0 Å². The minimum Gasteiger partial charge on any atom is -0.368 e. The van der Waals surface area contributed by atoms with Crippen LogP contribution >= 0.6 is 11.6 Å². The molecule has 4 rings (SSSR count). The molecule has 0 unspecified atom stereocenters. The number of nitrogen functional groups attached to an aromatic ring is 1. The number of nitrogens with zero attached hydrogens (tertiary/aromatic N) is 2. The maximum Gasteiger partial charge on any atom is 0.252 e. The summed E-state index contributed by atoms with van der Waals surface area (Å²) < 4.78 is 13.3. The normalized spacial score (nSPS) is 10.5. The Labute approximate surface area is 188 Å². The van der Waals surface area contributed by atoms with E-state index in [1.807, 2.05) is 13.0 Å². The van der Waals surface area contributed by atoms with Gasteiger partial charge in [-0.3, -0.25) is 4.79 Å². The molecule has 32 heavy (non-hydrogen) atoms. The van der Waals surface area contributed by atoms with Gasteiger partial charge in [-0.15, -0.1) is 0 Å². The summed E-state index contributed by atoms with van der Waals surface area (Å²) in [4.78, 5) is 24.0. The zero-order valence-electron chi connectivity index (χ0n) is 16.9. The van der Waals surface area contributed by atoms with Crippen LogP contribution in [0, 0.1) is 24.6 Å². The lowest BCUT2D eigenvalue weighted by Crippen LogP contribution is -2.13. The highest BCUT2D eigenvalue weighted by Crippen LogP contribution is 2.35. The number of carbonyl (C=O) groups excluding carboxylic acids is 1. The summed E-state index contributed by atoms with van der Waals surface area (Å²) in [6.45, 7) is 1.89. The number of hydrogen-bond donors (Lipinski definition) is 3. The second-order valence-electron chi connectivity index (χ2n) is 7.01. The average molecular weight is 446 g/mol. The zero-order valence-corrected chi connectivity index (χ0v) is 17.7. The van der Waals surface area contributed by atoms with Gasteiger partial charge in [0.25, 0.3) is 5.91 Å². The maximum atomic E-state index is 13.3. The highest BCUT2D eigenvalue weighted by atomic mass is 35.5. The number of nitrogens with one attached hydrogen (secondary N) is 1. The number of H-pyrrole nitrogens is 1. The number of halogens is 2. The second kappa shape index (κ2) is 8.53. The molecule has 6 nitrogen and oxygen atoms in total. The first-order valence-corrected chi connectivity index (χ1v) is 9.90. The fourth-order valence-electron chi connectivity index (χ4n) is 3.31. The predicted molar refractivity (Wildman–Crippen MR) is 122 cm³/mol. The number of aromatic nitrogens is 3. The fraction of sp³-hybridized carbons (Fsp3) is 0.0417. The van der Waals surface area contributed by atoms with Crippen molar-refractivity contribution < 1.29 is 9.18 Å². The Hall–Kier alpha value is -4.15. The first kappa shape index (κ1) is 21.1. The van der Waals surface area contributed by atoms with Gasteiger partial charge in [-0.25, -0.2) is 14.4 Å². The summed E-state index contributed by atoms with van der Waals surface area (Å²) in [5.74, 6) is 4.98. The number of benzene rings is 2. The van der Waals surface area contributed by atoms with Gasteiger partial charge in [0.15, 0.2) is 0 Å². The summed E-state index contributed by atoms with van der Waals surface area (Å²) >= 11 is 6.21. The monoisotopic (exact) mass is 445 g/mol. The molecule has 0 bridgehead atoms. The van der Waals surface area contributed by atoms with Crippen LogP contribution in [-0.2, 0) is 0 Å². The van der Waals surface area contributed by atoms with E-state index >= 15 is 0 Å². The molecule has 0 aliphatic carbocycles. The molecule has 0 saturated heterocycles. The number of nitrogens with two attached hydrogens (primary N) is 2. The summed E-state index contributed by atoms with van der Waals surface area (Å²) in [6, 6.07) is 12.7. The minimum absolute atomic E-state index is 0.0654. The van der Waals surface area contributed by atoms with Crippen LogP contribution in [0.4, 0.5) is 10.3 Å². The van der Waals surface area contributed by atoms with Crippen molar-refractivity contribution >= 4 is 23.5 Å². The lowest BCUT2D eigenvalue weighted by atomic mass is 9.99. The van der Waals surface area contributed by atoms with Crippen LogP contribution in [0.25, 0.3) is 22.6 Å². The topological polar surface area (TPSA) is 111 Å². The number of anilines is 1. The number of hydrogen-bond acceptors (Lipinski definition) is 4. The smallest absolute Gasteiger partial charge is 0.252 e. The Kier molecular flexibility index (Phi) is 5.63. The first-order chi connectivity index (χ1) is 15.3. The van der Waals surface area contributed by atoms with Crippen LogP contribution in [0.5, 0.6) is 0 Å². The predicted octanol–water partition coefficient (Wildman–Crippen LogP) is 4.32. The van der Waals surface area contributed by atoms with E-state index in [1.165, 1.54) is 18.3 Å². The average Bonchev–Trinajstić information content (AvgIpc) is 3.14. The van der Waals surface area contributed by atoms with Crippen molar-refractivity contribution in [3.05, 3.63) is 87.8 Å². The van der Waals surface area contributed by atoms with E-state index < -0.39 is 5.91 Å². The maximum absolute atomic E-state index is 13.3. The summed E-state index contributed by atoms with van der Waals surface area (Å²) in [7, 11) is 0. The highest BCUT2D eigenvalue weighted by Gasteiger charge is 2.24. The largest absolute Gasteiger partial charge is 0.368 e. The van der Waals surface area contributed by atoms with E-state index in [0.717, 1.165) is 5.56 Å². The first-order valence-electron chi connectivity index (χ1n) is 9.52. The molecule has 1 amide bonds. The molecule has 158 valence electrons. The Morgan fingerprint density at radius 2 is 1.84 bits per heavy atom. The van der Waals surface area contributed by atoms with Crippen molar-refractivity contribution in [1.29, 1.82) is 0 Å². The molecule has 0 aliphatic rings. The van der Waals surface area contributed by atoms with Crippen LogP contribution in [0.1, 0.15) is 27.0 Å². The molecule has 0 aliphatic heterocycles. The molecule has 2 aromatic carbocycles. The Morgan fingerprint density at radius 3 is 2.53 bits per heavy atom. The van der Waals surface area contributed by atoms with E-state index in [0.29, 0.717) is 38.8 Å². The highest BCUT2D eigenvalue weighted by molar-refractivity contribution is 6.31. The van der Waals surface area contributed by atoms with Crippen LogP contribution in [0.2, 0.25) is 5.02 Å². The van der Waals surface area contributed by atoms with E-state index in [4.69, 9.17) is 23.1 Å². The molecule has 5 N–H and O–H groups in total. The molecule has 8 heteroatoms. The van der Waals surface area contributed by atoms with Gasteiger partial charge in [0.05, 0.1) is 28.2 Å². The summed E-state index contributed by atoms with van der Waals surface area (Å²) in [6.07, 6.45) is 1.50. The molecule has 0 saturated carbocycles. The van der Waals surface area contributed by atoms with Gasteiger partial charge in [0.2, 0.25) is 5.95 Å². The van der Waals surface area contributed by atoms with E-state index in [1.54, 1.807) is 30.3 Å². The Balaban J connectivity index is 2.01. The molecule has 2 aromatic heterocycles. The van der Waals surface area contributed by atoms with Crippen molar-refractivity contribution in [2.45, 2.75) is 6.92 Å². The van der Waals surface area contributed by atoms with Crippen molar-refractivity contribution in [1.82, 2.24) is 15.0 Å². The minimum atomic E-state index is -0.674. The number of carbonyl (C=O) groups is 1. The zero-order chi connectivity index (χ0) is 22.8. The Morgan fingerprint density at radius 1 is 1.09 bits per heavy atom. The molecule has 0 spiro atoms. The molecule has 2 heterocycles. The third-order valence-corrected chi connectivity index (χ3v) is 5.06. The SMILES string of the molecule is Cc1ccc(Cl)cc1-c1[nH]c(-c2ccnc(N)n2)c(C#Cc2ccc(F)cc2)c1C(N)=O. The molecule has 0 fully saturated rings. The molecular formula is C24H17ClFN5O. The van der Waals surface area contributed by atoms with Crippen molar-refractivity contribution in [2.75, 3.05) is 5.73 Å². The van der Waals surface area contributed by atoms with Crippen LogP contribution in [0.15, 0.2) is 54.7 Å². The number of aryl methyl sites for hydroxylation is 1. The van der Waals surface area contributed by atoms with Gasteiger partial charge in [0.1, 0.15) is 5.82 Å². The van der Waals surface area contributed by atoms with E-state index in [-0.39, 0.29) is 17.3 Å². The van der Waals surface area contributed by atoms with E-state index in [9.17, 15) is 9.18 Å². The van der Waals surface area contributed by atoms with Gasteiger partial charge in [0, 0.05) is 22.3 Å². The lowest BCUT2D eigenvalue weighted by molar-refractivity contribution is 0.100. The van der Waals surface area contributed by atoms with Gasteiger partial charge in [-0.05, 0) is 55.0 Å². The Bertz CT molecular complexity index is 1400. The quantitative estimate of drug-likeness (QED) is 0.408. The second-order valence-corrected chi connectivity index (χ2v) is 7.44. The summed E-state index contributed by atoms with van der Waals surface area (Å²) in [5, 5.41) is 0.502. The van der Waals surface area contributed by atoms with Gasteiger partial charge < -0.3 is 16.5 Å². The van der Waals surface area contributed by atoms with Gasteiger partial charge in [-0.2, -0.15) is 0 Å². The van der Waals surface area contributed by atoms with Crippen molar-refractivity contribution in [2.24, 2.45) is 5.73 Å². The van der Waals surface area contributed by atoms with Crippen molar-refractivity contribution in [3.8, 4) is 34.5 Å². The molecule has 0 radical (unpaired) electrons. The molecule has 4 aromatic rings. The number of amides is 1. The lowest BCUT2D eigenvalue weighted by Gasteiger charge is -2.06. The van der Waals surface area contributed by atoms with Gasteiger partial charge in [-0.1, -0.05) is 29.5 Å². The molecular weight excluding hydrogens is 429 g/mol. The fourth-order valence-corrected chi connectivity index (χ4v) is 3.48. The number of rotatable bonds is 3. The van der Waals surface area contributed by atoms with E-state index in [2.05, 4.69) is 26.8 Å². The third kappa shape index (κ3) is 4.17. The van der Waals surface area contributed by atoms with Crippen LogP contribution < -0.4 is 11.5 Å². The standard InChI is InChI=1S/C24H17ClFN5O/c1-13-2-6-15(25)12-18(13)22-20(23(27)32)17(9-5-14-3-7-16(26)8-4-14)21(31-22)19-10-11-29-24(28)30-19/h2-4,6-8,10-12,31H,1H3,(H2,27,32)(H2,28,29,30). The number of primary amides is 1. The van der Waals surface area contributed by atoms with Crippen LogP contribution in [-0.4, -0.2) is 20.9 Å². The third-order valence-electron chi connectivity index (χ3n) is 4.82. The molecule has 0 atom stereocenters. The van der Waals surface area contributed by atoms with Crippen molar-refractivity contribution in [3.63, 3.8) is 0 Å². The number of aromatic amines is 1.